The lowest BCUT2D eigenvalue weighted by atomic mass is 9.98. The van der Waals surface area contributed by atoms with Gasteiger partial charge < -0.3 is 11.1 Å². The Bertz CT molecular complexity index is 487. The molecule has 18 heavy (non-hydrogen) atoms. The summed E-state index contributed by atoms with van der Waals surface area (Å²) >= 11 is 0. The highest BCUT2D eigenvalue weighted by atomic mass is 15.3. The van der Waals surface area contributed by atoms with Gasteiger partial charge in [-0.1, -0.05) is 19.1 Å². The Balaban J connectivity index is 1.81. The van der Waals surface area contributed by atoms with Gasteiger partial charge in [-0.15, -0.1) is 0 Å². The van der Waals surface area contributed by atoms with Crippen LogP contribution in [-0.4, -0.2) is 16.3 Å². The van der Waals surface area contributed by atoms with Gasteiger partial charge in [0.15, 0.2) is 0 Å². The van der Waals surface area contributed by atoms with Crippen LogP contribution in [0, 0.1) is 0 Å². The van der Waals surface area contributed by atoms with Crippen LogP contribution in [-0.2, 0) is 7.05 Å². The van der Waals surface area contributed by atoms with Crippen molar-refractivity contribution in [3.05, 3.63) is 42.1 Å². The molecular formula is C14H20N4. The summed E-state index contributed by atoms with van der Waals surface area (Å²) in [6, 6.07) is 10.1. The van der Waals surface area contributed by atoms with Crippen LogP contribution in [0.3, 0.4) is 0 Å². The van der Waals surface area contributed by atoms with E-state index in [1.165, 1.54) is 5.56 Å². The maximum atomic E-state index is 5.68. The maximum absolute atomic E-state index is 5.68. The molecule has 96 valence electrons. The van der Waals surface area contributed by atoms with Crippen LogP contribution in [0.25, 0.3) is 0 Å². The van der Waals surface area contributed by atoms with E-state index in [0.29, 0.717) is 5.92 Å². The number of benzene rings is 1. The standard InChI is InChI=1S/C14H20N4/c1-11(12-3-5-13(15)6-4-12)7-9-16-14-8-10-18(2)17-14/h3-6,8,10-11H,7,9,15H2,1-2H3,(H,16,17). The van der Waals surface area contributed by atoms with Crippen molar-refractivity contribution in [1.82, 2.24) is 9.78 Å². The van der Waals surface area contributed by atoms with Gasteiger partial charge in [-0.05, 0) is 30.0 Å². The van der Waals surface area contributed by atoms with Crippen molar-refractivity contribution in [3.63, 3.8) is 0 Å². The summed E-state index contributed by atoms with van der Waals surface area (Å²) in [7, 11) is 1.92. The average Bonchev–Trinajstić information content (AvgIpc) is 2.76. The minimum atomic E-state index is 0.516. The summed E-state index contributed by atoms with van der Waals surface area (Å²) in [6.45, 7) is 3.15. The van der Waals surface area contributed by atoms with Gasteiger partial charge in [-0.2, -0.15) is 5.10 Å². The van der Waals surface area contributed by atoms with E-state index in [1.807, 2.05) is 31.4 Å². The molecule has 0 aliphatic rings. The Hall–Kier alpha value is -1.97. The lowest BCUT2D eigenvalue weighted by Gasteiger charge is -2.12. The second-order valence-electron chi connectivity index (χ2n) is 4.66. The van der Waals surface area contributed by atoms with Crippen molar-refractivity contribution in [2.75, 3.05) is 17.6 Å². The predicted molar refractivity (Wildman–Crippen MR) is 75.6 cm³/mol. The average molecular weight is 244 g/mol. The number of hydrogen-bond donors (Lipinski definition) is 2. The lowest BCUT2D eigenvalue weighted by Crippen LogP contribution is -2.06. The molecule has 1 heterocycles. The van der Waals surface area contributed by atoms with E-state index in [4.69, 9.17) is 5.73 Å². The molecule has 3 N–H and O–H groups in total. The van der Waals surface area contributed by atoms with Gasteiger partial charge in [0.2, 0.25) is 0 Å². The molecule has 0 amide bonds. The molecule has 4 heteroatoms. The summed E-state index contributed by atoms with van der Waals surface area (Å²) in [5.74, 6) is 1.45. The highest BCUT2D eigenvalue weighted by molar-refractivity contribution is 5.40. The van der Waals surface area contributed by atoms with Gasteiger partial charge in [0.25, 0.3) is 0 Å². The molecule has 0 bridgehead atoms. The Kier molecular flexibility index (Phi) is 3.87. The Morgan fingerprint density at radius 2 is 2.00 bits per heavy atom. The van der Waals surface area contributed by atoms with Crippen LogP contribution in [0.15, 0.2) is 36.5 Å². The molecule has 1 aromatic carbocycles. The molecule has 1 unspecified atom stereocenters. The van der Waals surface area contributed by atoms with Gasteiger partial charge in [0.05, 0.1) is 0 Å². The van der Waals surface area contributed by atoms with E-state index in [-0.39, 0.29) is 0 Å². The smallest absolute Gasteiger partial charge is 0.147 e. The molecule has 1 aromatic heterocycles. The fourth-order valence-corrected chi connectivity index (χ4v) is 1.92. The molecule has 4 nitrogen and oxygen atoms in total. The highest BCUT2D eigenvalue weighted by Gasteiger charge is 2.05. The SMILES string of the molecule is CC(CCNc1ccn(C)n1)c1ccc(N)cc1. The summed E-state index contributed by atoms with van der Waals surface area (Å²) in [5, 5.41) is 7.60. The third-order valence-electron chi connectivity index (χ3n) is 3.10. The Labute approximate surface area is 108 Å². The molecule has 0 aliphatic heterocycles. The van der Waals surface area contributed by atoms with Crippen molar-refractivity contribution in [1.29, 1.82) is 0 Å². The number of nitrogens with one attached hydrogen (secondary N) is 1. The molecule has 0 fully saturated rings. The zero-order valence-electron chi connectivity index (χ0n) is 10.9. The molecule has 2 aromatic rings. The minimum Gasteiger partial charge on any atom is -0.399 e. The number of rotatable bonds is 5. The van der Waals surface area contributed by atoms with Crippen molar-refractivity contribution in [2.45, 2.75) is 19.3 Å². The second kappa shape index (κ2) is 5.58. The number of nitrogens with two attached hydrogens (primary N) is 1. The number of aryl methyl sites for hydroxylation is 1. The van der Waals surface area contributed by atoms with E-state index in [2.05, 4.69) is 29.5 Å². The third-order valence-corrected chi connectivity index (χ3v) is 3.10. The van der Waals surface area contributed by atoms with E-state index in [1.54, 1.807) is 4.68 Å². The first-order valence-electron chi connectivity index (χ1n) is 6.24. The van der Waals surface area contributed by atoms with E-state index >= 15 is 0 Å². The van der Waals surface area contributed by atoms with Gasteiger partial charge in [-0.3, -0.25) is 4.68 Å². The van der Waals surface area contributed by atoms with Crippen LogP contribution in [0.4, 0.5) is 11.5 Å². The van der Waals surface area contributed by atoms with Gasteiger partial charge in [0.1, 0.15) is 5.82 Å². The number of aromatic nitrogens is 2. The first-order chi connectivity index (χ1) is 8.65. The zero-order valence-corrected chi connectivity index (χ0v) is 10.9. The minimum absolute atomic E-state index is 0.516. The van der Waals surface area contributed by atoms with Crippen LogP contribution < -0.4 is 11.1 Å². The summed E-state index contributed by atoms with van der Waals surface area (Å²) in [6.07, 6.45) is 3.01. The summed E-state index contributed by atoms with van der Waals surface area (Å²) in [4.78, 5) is 0. The van der Waals surface area contributed by atoms with Crippen molar-refractivity contribution in [2.24, 2.45) is 7.05 Å². The number of hydrogen-bond acceptors (Lipinski definition) is 3. The van der Waals surface area contributed by atoms with Crippen molar-refractivity contribution >= 4 is 11.5 Å². The Morgan fingerprint density at radius 3 is 2.61 bits per heavy atom. The summed E-state index contributed by atoms with van der Waals surface area (Å²) in [5.41, 5.74) is 7.83. The van der Waals surface area contributed by atoms with E-state index in [0.717, 1.165) is 24.5 Å². The zero-order chi connectivity index (χ0) is 13.0. The van der Waals surface area contributed by atoms with E-state index < -0.39 is 0 Å². The van der Waals surface area contributed by atoms with Crippen LogP contribution in [0.5, 0.6) is 0 Å². The number of nitrogens with zero attached hydrogens (tertiary/aromatic N) is 2. The predicted octanol–water partition coefficient (Wildman–Crippen LogP) is 2.61. The molecule has 0 saturated carbocycles. The molecule has 0 saturated heterocycles. The third kappa shape index (κ3) is 3.26. The van der Waals surface area contributed by atoms with E-state index in [9.17, 15) is 0 Å². The first kappa shape index (κ1) is 12.5. The van der Waals surface area contributed by atoms with Crippen LogP contribution in [0.2, 0.25) is 0 Å². The topological polar surface area (TPSA) is 55.9 Å². The second-order valence-corrected chi connectivity index (χ2v) is 4.66. The highest BCUT2D eigenvalue weighted by Crippen LogP contribution is 2.20. The molecular weight excluding hydrogens is 224 g/mol. The van der Waals surface area contributed by atoms with Gasteiger partial charge in [0, 0.05) is 31.5 Å². The maximum Gasteiger partial charge on any atom is 0.147 e. The number of nitrogen functional groups attached to an aromatic ring is 1. The van der Waals surface area contributed by atoms with Crippen LogP contribution in [0.1, 0.15) is 24.8 Å². The Morgan fingerprint density at radius 1 is 1.28 bits per heavy atom. The fourth-order valence-electron chi connectivity index (χ4n) is 1.92. The van der Waals surface area contributed by atoms with Crippen LogP contribution >= 0.6 is 0 Å². The fraction of sp³-hybridized carbons (Fsp3) is 0.357. The molecule has 1 atom stereocenters. The molecule has 0 radical (unpaired) electrons. The van der Waals surface area contributed by atoms with Gasteiger partial charge >= 0.3 is 0 Å². The molecule has 2 rings (SSSR count). The summed E-state index contributed by atoms with van der Waals surface area (Å²) < 4.78 is 1.80. The van der Waals surface area contributed by atoms with Crippen molar-refractivity contribution in [3.8, 4) is 0 Å². The largest absolute Gasteiger partial charge is 0.399 e. The molecule has 0 aliphatic carbocycles. The number of anilines is 2. The quantitative estimate of drug-likeness (QED) is 0.795. The van der Waals surface area contributed by atoms with Crippen molar-refractivity contribution < 1.29 is 0 Å². The molecule has 0 spiro atoms. The monoisotopic (exact) mass is 244 g/mol. The normalized spacial score (nSPS) is 12.3. The lowest BCUT2D eigenvalue weighted by molar-refractivity contribution is 0.701. The first-order valence-corrected chi connectivity index (χ1v) is 6.24. The van der Waals surface area contributed by atoms with Gasteiger partial charge in [-0.25, -0.2) is 0 Å².